The highest BCUT2D eigenvalue weighted by Gasteiger charge is 2.13. The molecule has 0 saturated heterocycles. The van der Waals surface area contributed by atoms with Gasteiger partial charge in [-0.05, 0) is 40.7 Å². The highest BCUT2D eigenvalue weighted by Crippen LogP contribution is 2.22. The summed E-state index contributed by atoms with van der Waals surface area (Å²) in [6.07, 6.45) is 1.79. The second-order valence-electron chi connectivity index (χ2n) is 5.03. The van der Waals surface area contributed by atoms with E-state index in [1.54, 1.807) is 6.20 Å². The number of hydrogen-bond acceptors (Lipinski definition) is 4. The van der Waals surface area contributed by atoms with Crippen molar-refractivity contribution in [2.45, 2.75) is 47.2 Å². The van der Waals surface area contributed by atoms with Crippen LogP contribution < -0.4 is 5.32 Å². The Bertz CT molecular complexity index is 571. The van der Waals surface area contributed by atoms with Crippen LogP contribution in [-0.2, 0) is 6.54 Å². The first kappa shape index (κ1) is 13.5. The lowest BCUT2D eigenvalue weighted by Crippen LogP contribution is -2.07. The summed E-state index contributed by atoms with van der Waals surface area (Å²) in [5, 5.41) is 7.99. The van der Waals surface area contributed by atoms with Crippen molar-refractivity contribution in [2.24, 2.45) is 0 Å². The van der Waals surface area contributed by atoms with Crippen LogP contribution in [0.2, 0.25) is 0 Å². The first-order chi connectivity index (χ1) is 8.99. The van der Waals surface area contributed by atoms with Crippen LogP contribution in [0.15, 0.2) is 12.3 Å². The maximum absolute atomic E-state index is 4.56. The average molecular weight is 259 g/mol. The summed E-state index contributed by atoms with van der Waals surface area (Å²) in [7, 11) is 0. The lowest BCUT2D eigenvalue weighted by Gasteiger charge is -2.10. The van der Waals surface area contributed by atoms with Crippen LogP contribution in [0.5, 0.6) is 0 Å². The monoisotopic (exact) mass is 259 g/mol. The third-order valence-corrected chi connectivity index (χ3v) is 3.09. The topological polar surface area (TPSA) is 55.6 Å². The first-order valence-electron chi connectivity index (χ1n) is 6.57. The van der Waals surface area contributed by atoms with Gasteiger partial charge in [0.2, 0.25) is 0 Å². The lowest BCUT2D eigenvalue weighted by molar-refractivity contribution is 0.516. The Morgan fingerprint density at radius 3 is 2.58 bits per heavy atom. The van der Waals surface area contributed by atoms with E-state index in [9.17, 15) is 0 Å². The molecule has 0 radical (unpaired) electrons. The SMILES string of the molecule is Cc1nccc(CNc2c(C)nn(C(C)C)c2C)n1. The molecule has 2 aromatic heterocycles. The minimum absolute atomic E-state index is 0.371. The summed E-state index contributed by atoms with van der Waals surface area (Å²) in [6, 6.07) is 2.30. The van der Waals surface area contributed by atoms with Crippen molar-refractivity contribution in [3.8, 4) is 0 Å². The molecule has 0 aliphatic heterocycles. The molecule has 0 saturated carbocycles. The van der Waals surface area contributed by atoms with Gasteiger partial charge in [-0.2, -0.15) is 5.10 Å². The minimum Gasteiger partial charge on any atom is -0.376 e. The van der Waals surface area contributed by atoms with E-state index in [1.165, 1.54) is 5.69 Å². The fourth-order valence-corrected chi connectivity index (χ4v) is 2.20. The molecule has 0 amide bonds. The van der Waals surface area contributed by atoms with E-state index in [1.807, 2.05) is 24.6 Å². The van der Waals surface area contributed by atoms with E-state index in [4.69, 9.17) is 0 Å². The van der Waals surface area contributed by atoms with Crippen LogP contribution in [0.4, 0.5) is 5.69 Å². The Morgan fingerprint density at radius 2 is 2.00 bits per heavy atom. The fraction of sp³-hybridized carbons (Fsp3) is 0.500. The Hall–Kier alpha value is -1.91. The van der Waals surface area contributed by atoms with Gasteiger partial charge in [-0.1, -0.05) is 0 Å². The molecule has 2 aromatic rings. The van der Waals surface area contributed by atoms with Crippen molar-refractivity contribution in [2.75, 3.05) is 5.32 Å². The molecule has 0 aliphatic carbocycles. The molecule has 0 bridgehead atoms. The Kier molecular flexibility index (Phi) is 3.83. The largest absolute Gasteiger partial charge is 0.376 e. The van der Waals surface area contributed by atoms with Gasteiger partial charge in [-0.25, -0.2) is 9.97 Å². The van der Waals surface area contributed by atoms with Crippen molar-refractivity contribution in [3.05, 3.63) is 35.2 Å². The molecule has 2 heterocycles. The van der Waals surface area contributed by atoms with Gasteiger partial charge in [0.05, 0.1) is 29.3 Å². The predicted molar refractivity (Wildman–Crippen MR) is 76.2 cm³/mol. The van der Waals surface area contributed by atoms with Crippen LogP contribution in [-0.4, -0.2) is 19.7 Å². The molecule has 2 rings (SSSR count). The van der Waals surface area contributed by atoms with Crippen molar-refractivity contribution in [1.29, 1.82) is 0 Å². The second kappa shape index (κ2) is 5.38. The second-order valence-corrected chi connectivity index (χ2v) is 5.03. The van der Waals surface area contributed by atoms with Crippen LogP contribution in [0, 0.1) is 20.8 Å². The van der Waals surface area contributed by atoms with E-state index in [2.05, 4.69) is 41.2 Å². The highest BCUT2D eigenvalue weighted by molar-refractivity contribution is 5.52. The fourth-order valence-electron chi connectivity index (χ4n) is 2.20. The number of aromatic nitrogens is 4. The maximum atomic E-state index is 4.56. The number of rotatable bonds is 4. The summed E-state index contributed by atoms with van der Waals surface area (Å²) in [5.41, 5.74) is 4.28. The zero-order chi connectivity index (χ0) is 14.0. The molecule has 0 aromatic carbocycles. The molecule has 0 fully saturated rings. The highest BCUT2D eigenvalue weighted by atomic mass is 15.3. The van der Waals surface area contributed by atoms with Crippen LogP contribution in [0.25, 0.3) is 0 Å². The molecule has 0 spiro atoms. The molecule has 0 aliphatic rings. The number of aryl methyl sites for hydroxylation is 2. The summed E-state index contributed by atoms with van der Waals surface area (Å²) in [4.78, 5) is 8.49. The molecule has 1 N–H and O–H groups in total. The Labute approximate surface area is 114 Å². The van der Waals surface area contributed by atoms with Gasteiger partial charge in [0.1, 0.15) is 5.82 Å². The van der Waals surface area contributed by atoms with Crippen molar-refractivity contribution >= 4 is 5.69 Å². The Balaban J connectivity index is 2.16. The van der Waals surface area contributed by atoms with E-state index >= 15 is 0 Å². The van der Waals surface area contributed by atoms with E-state index in [0.29, 0.717) is 12.6 Å². The zero-order valence-corrected chi connectivity index (χ0v) is 12.2. The van der Waals surface area contributed by atoms with Gasteiger partial charge in [0, 0.05) is 12.2 Å². The summed E-state index contributed by atoms with van der Waals surface area (Å²) in [6.45, 7) is 11.0. The molecular formula is C14H21N5. The first-order valence-corrected chi connectivity index (χ1v) is 6.57. The standard InChI is InChI=1S/C14H21N5/c1-9(2)19-11(4)14(10(3)18-19)16-8-13-6-7-15-12(5)17-13/h6-7,9,16H,8H2,1-5H3. The van der Waals surface area contributed by atoms with E-state index < -0.39 is 0 Å². The predicted octanol–water partition coefficient (Wildman–Crippen LogP) is 2.79. The molecule has 5 heteroatoms. The summed E-state index contributed by atoms with van der Waals surface area (Å²) >= 11 is 0. The molecule has 5 nitrogen and oxygen atoms in total. The number of nitrogens with zero attached hydrogens (tertiary/aromatic N) is 4. The molecule has 0 atom stereocenters. The third-order valence-electron chi connectivity index (χ3n) is 3.09. The van der Waals surface area contributed by atoms with Crippen LogP contribution >= 0.6 is 0 Å². The minimum atomic E-state index is 0.371. The maximum Gasteiger partial charge on any atom is 0.125 e. The average Bonchev–Trinajstić information content (AvgIpc) is 2.63. The van der Waals surface area contributed by atoms with Gasteiger partial charge in [0.25, 0.3) is 0 Å². The molecule has 102 valence electrons. The van der Waals surface area contributed by atoms with Crippen LogP contribution in [0.1, 0.15) is 42.8 Å². The summed E-state index contributed by atoms with van der Waals surface area (Å²) in [5.74, 6) is 0.797. The van der Waals surface area contributed by atoms with E-state index in [-0.39, 0.29) is 0 Å². The van der Waals surface area contributed by atoms with Crippen molar-refractivity contribution in [3.63, 3.8) is 0 Å². The van der Waals surface area contributed by atoms with Crippen molar-refractivity contribution < 1.29 is 0 Å². The number of hydrogen-bond donors (Lipinski definition) is 1. The normalized spacial score (nSPS) is 11.1. The molecule has 19 heavy (non-hydrogen) atoms. The molecule has 0 unspecified atom stereocenters. The zero-order valence-electron chi connectivity index (χ0n) is 12.2. The Morgan fingerprint density at radius 1 is 1.26 bits per heavy atom. The van der Waals surface area contributed by atoms with Gasteiger partial charge in [-0.3, -0.25) is 4.68 Å². The lowest BCUT2D eigenvalue weighted by atomic mass is 10.3. The van der Waals surface area contributed by atoms with Gasteiger partial charge in [-0.15, -0.1) is 0 Å². The molecular weight excluding hydrogens is 238 g/mol. The van der Waals surface area contributed by atoms with Crippen molar-refractivity contribution in [1.82, 2.24) is 19.7 Å². The smallest absolute Gasteiger partial charge is 0.125 e. The van der Waals surface area contributed by atoms with Gasteiger partial charge in [0.15, 0.2) is 0 Å². The number of nitrogens with one attached hydrogen (secondary N) is 1. The van der Waals surface area contributed by atoms with E-state index in [0.717, 1.165) is 22.9 Å². The summed E-state index contributed by atoms with van der Waals surface area (Å²) < 4.78 is 2.04. The van der Waals surface area contributed by atoms with Gasteiger partial charge >= 0.3 is 0 Å². The third kappa shape index (κ3) is 2.92. The van der Waals surface area contributed by atoms with Crippen LogP contribution in [0.3, 0.4) is 0 Å². The number of anilines is 1. The quantitative estimate of drug-likeness (QED) is 0.917. The van der Waals surface area contributed by atoms with Gasteiger partial charge < -0.3 is 5.32 Å².